The topological polar surface area (TPSA) is 67.0 Å². The molecule has 1 atom stereocenters. The molecule has 1 saturated heterocycles. The maximum atomic E-state index is 6.02. The van der Waals surface area contributed by atoms with Crippen LogP contribution in [0.2, 0.25) is 5.02 Å². The van der Waals surface area contributed by atoms with Gasteiger partial charge < -0.3 is 9.47 Å². The van der Waals surface area contributed by atoms with Gasteiger partial charge in [0.1, 0.15) is 18.1 Å². The van der Waals surface area contributed by atoms with Gasteiger partial charge in [0.25, 0.3) is 0 Å². The molecule has 8 heteroatoms. The Hall–Kier alpha value is -2.38. The summed E-state index contributed by atoms with van der Waals surface area (Å²) in [7, 11) is 0. The third-order valence-corrected chi connectivity index (χ3v) is 4.71. The smallest absolute Gasteiger partial charge is 0.188 e. The minimum atomic E-state index is 0.169. The molecule has 4 rings (SSSR count). The van der Waals surface area contributed by atoms with Crippen molar-refractivity contribution in [3.05, 3.63) is 47.4 Å². The van der Waals surface area contributed by atoms with Crippen LogP contribution in [0.15, 0.2) is 36.5 Å². The van der Waals surface area contributed by atoms with Crippen molar-refractivity contribution in [2.75, 3.05) is 13.2 Å². The van der Waals surface area contributed by atoms with Crippen LogP contribution in [0, 0.1) is 0 Å². The van der Waals surface area contributed by atoms with E-state index in [9.17, 15) is 0 Å². The van der Waals surface area contributed by atoms with Gasteiger partial charge in [-0.15, -0.1) is 0 Å². The Labute approximate surface area is 162 Å². The quantitative estimate of drug-likeness (QED) is 0.641. The van der Waals surface area contributed by atoms with Crippen LogP contribution < -0.4 is 4.74 Å². The van der Waals surface area contributed by atoms with Crippen molar-refractivity contribution in [3.8, 4) is 17.3 Å². The van der Waals surface area contributed by atoms with E-state index in [4.69, 9.17) is 31.2 Å². The molecule has 1 aliphatic rings. The average molecular weight is 388 g/mol. The number of halogens is 1. The molecule has 0 amide bonds. The molecule has 0 saturated carbocycles. The predicted octanol–water partition coefficient (Wildman–Crippen LogP) is 3.92. The van der Waals surface area contributed by atoms with Crippen molar-refractivity contribution >= 4 is 11.6 Å². The van der Waals surface area contributed by atoms with Crippen LogP contribution in [0.1, 0.15) is 38.2 Å². The van der Waals surface area contributed by atoms with E-state index < -0.39 is 0 Å². The van der Waals surface area contributed by atoms with Gasteiger partial charge in [-0.25, -0.2) is 9.67 Å². The van der Waals surface area contributed by atoms with Crippen LogP contribution in [0.25, 0.3) is 11.5 Å². The summed E-state index contributed by atoms with van der Waals surface area (Å²) in [6.07, 6.45) is 2.71. The molecular weight excluding hydrogens is 366 g/mol. The molecule has 1 aromatic carbocycles. The fraction of sp³-hybridized carbons (Fsp3) is 0.421. The van der Waals surface area contributed by atoms with Crippen molar-refractivity contribution < 1.29 is 9.47 Å². The molecule has 0 bridgehead atoms. The number of benzene rings is 1. The van der Waals surface area contributed by atoms with Crippen molar-refractivity contribution in [2.24, 2.45) is 0 Å². The van der Waals surface area contributed by atoms with Crippen molar-refractivity contribution in [1.82, 2.24) is 24.5 Å². The summed E-state index contributed by atoms with van der Waals surface area (Å²) in [6, 6.07) is 9.67. The lowest BCUT2D eigenvalue weighted by atomic mass is 10.2. The Bertz CT molecular complexity index is 914. The van der Waals surface area contributed by atoms with E-state index in [1.165, 1.54) is 0 Å². The number of hydrogen-bond acceptors (Lipinski definition) is 5. The first-order valence-electron chi connectivity index (χ1n) is 9.07. The van der Waals surface area contributed by atoms with Crippen LogP contribution in [-0.2, 0) is 11.3 Å². The van der Waals surface area contributed by atoms with Crippen LogP contribution in [0.4, 0.5) is 0 Å². The molecule has 3 aromatic rings. The van der Waals surface area contributed by atoms with E-state index in [1.54, 1.807) is 12.3 Å². The Morgan fingerprint density at radius 2 is 2.22 bits per heavy atom. The number of ether oxygens (including phenoxy) is 2. The van der Waals surface area contributed by atoms with Gasteiger partial charge in [0, 0.05) is 23.9 Å². The van der Waals surface area contributed by atoms with Crippen LogP contribution in [0.5, 0.6) is 5.75 Å². The summed E-state index contributed by atoms with van der Waals surface area (Å²) in [5, 5.41) is 9.78. The van der Waals surface area contributed by atoms with E-state index in [0.29, 0.717) is 23.2 Å². The summed E-state index contributed by atoms with van der Waals surface area (Å²) >= 11 is 6.02. The number of nitrogens with zero attached hydrogens (tertiary/aromatic N) is 5. The summed E-state index contributed by atoms with van der Waals surface area (Å²) in [5.41, 5.74) is 0.943. The van der Waals surface area contributed by atoms with Crippen molar-refractivity contribution in [3.63, 3.8) is 0 Å². The van der Waals surface area contributed by atoms with Gasteiger partial charge in [0.05, 0.1) is 12.6 Å². The largest absolute Gasteiger partial charge is 0.485 e. The van der Waals surface area contributed by atoms with Gasteiger partial charge in [0.2, 0.25) is 0 Å². The van der Waals surface area contributed by atoms with Crippen LogP contribution in [0.3, 0.4) is 0 Å². The maximum Gasteiger partial charge on any atom is 0.188 e. The van der Waals surface area contributed by atoms with Gasteiger partial charge in [-0.05, 0) is 44.5 Å². The lowest BCUT2D eigenvalue weighted by molar-refractivity contribution is 0.184. The first kappa shape index (κ1) is 18.0. The third kappa shape index (κ3) is 3.84. The molecule has 3 heterocycles. The fourth-order valence-electron chi connectivity index (χ4n) is 3.18. The number of rotatable bonds is 6. The highest BCUT2D eigenvalue weighted by Crippen LogP contribution is 2.27. The molecule has 0 spiro atoms. The zero-order valence-corrected chi connectivity index (χ0v) is 16.1. The first-order chi connectivity index (χ1) is 13.1. The Balaban J connectivity index is 1.64. The van der Waals surface area contributed by atoms with Crippen LogP contribution >= 0.6 is 11.6 Å². The highest BCUT2D eigenvalue weighted by molar-refractivity contribution is 6.30. The second kappa shape index (κ2) is 7.70. The lowest BCUT2D eigenvalue weighted by Crippen LogP contribution is -2.14. The fourth-order valence-corrected chi connectivity index (χ4v) is 3.36. The monoisotopic (exact) mass is 387 g/mol. The Morgan fingerprint density at radius 1 is 1.33 bits per heavy atom. The minimum Gasteiger partial charge on any atom is -0.485 e. The molecule has 1 fully saturated rings. The van der Waals surface area contributed by atoms with E-state index in [-0.39, 0.29) is 18.7 Å². The molecule has 0 radical (unpaired) electrons. The SMILES string of the molecule is CC(C)n1nccc1-c1nc(COc2cccc(Cl)c2)nn1C1CCOC1. The zero-order chi connectivity index (χ0) is 18.8. The lowest BCUT2D eigenvalue weighted by Gasteiger charge is -2.14. The second-order valence-corrected chi connectivity index (χ2v) is 7.25. The highest BCUT2D eigenvalue weighted by atomic mass is 35.5. The Morgan fingerprint density at radius 3 is 2.96 bits per heavy atom. The van der Waals surface area contributed by atoms with Crippen molar-refractivity contribution in [2.45, 2.75) is 39.0 Å². The first-order valence-corrected chi connectivity index (χ1v) is 9.45. The molecule has 1 unspecified atom stereocenters. The average Bonchev–Trinajstić information content (AvgIpc) is 3.38. The molecule has 2 aromatic heterocycles. The molecule has 0 aliphatic carbocycles. The third-order valence-electron chi connectivity index (χ3n) is 4.48. The van der Waals surface area contributed by atoms with Gasteiger partial charge in [-0.3, -0.25) is 4.68 Å². The molecule has 142 valence electrons. The Kier molecular flexibility index (Phi) is 5.13. The summed E-state index contributed by atoms with van der Waals surface area (Å²) < 4.78 is 15.3. The number of hydrogen-bond donors (Lipinski definition) is 0. The molecular formula is C19H22ClN5O2. The molecule has 1 aliphatic heterocycles. The van der Waals surface area contributed by atoms with Gasteiger partial charge in [-0.2, -0.15) is 10.2 Å². The molecule has 7 nitrogen and oxygen atoms in total. The second-order valence-electron chi connectivity index (χ2n) is 6.81. The van der Waals surface area contributed by atoms with E-state index in [1.807, 2.05) is 33.6 Å². The highest BCUT2D eigenvalue weighted by Gasteiger charge is 2.26. The molecule has 0 N–H and O–H groups in total. The summed E-state index contributed by atoms with van der Waals surface area (Å²) in [6.45, 7) is 5.84. The van der Waals surface area contributed by atoms with E-state index >= 15 is 0 Å². The molecule has 27 heavy (non-hydrogen) atoms. The van der Waals surface area contributed by atoms with Crippen LogP contribution in [-0.4, -0.2) is 37.8 Å². The summed E-state index contributed by atoms with van der Waals surface area (Å²) in [4.78, 5) is 4.76. The van der Waals surface area contributed by atoms with Crippen molar-refractivity contribution in [1.29, 1.82) is 0 Å². The van der Waals surface area contributed by atoms with Gasteiger partial charge in [0.15, 0.2) is 11.6 Å². The summed E-state index contributed by atoms with van der Waals surface area (Å²) in [5.74, 6) is 2.10. The zero-order valence-electron chi connectivity index (χ0n) is 15.4. The minimum absolute atomic E-state index is 0.169. The van der Waals surface area contributed by atoms with Gasteiger partial charge in [-0.1, -0.05) is 17.7 Å². The maximum absolute atomic E-state index is 6.02. The predicted molar refractivity (Wildman–Crippen MR) is 102 cm³/mol. The normalized spacial score (nSPS) is 17.0. The standard InChI is InChI=1S/C19H22ClN5O2/c1-13(2)24-17(6-8-21-24)19-22-18(23-25(19)15-7-9-26-11-15)12-27-16-5-3-4-14(20)10-16/h3-6,8,10,13,15H,7,9,11-12H2,1-2H3. The van der Waals surface area contributed by atoms with Gasteiger partial charge >= 0.3 is 0 Å². The number of aromatic nitrogens is 5. The van der Waals surface area contributed by atoms with E-state index in [0.717, 1.165) is 24.5 Å². The van der Waals surface area contributed by atoms with E-state index in [2.05, 4.69) is 18.9 Å².